The molecule has 2 fully saturated rings. The minimum Gasteiger partial charge on any atom is -0.374 e. The Morgan fingerprint density at radius 2 is 1.83 bits per heavy atom. The number of hydrogen-bond donors (Lipinski definition) is 2. The van der Waals surface area contributed by atoms with E-state index in [0.29, 0.717) is 25.2 Å². The molecule has 0 aromatic heterocycles. The van der Waals surface area contributed by atoms with Crippen molar-refractivity contribution in [3.8, 4) is 0 Å². The number of ether oxygens (including phenoxy) is 1. The van der Waals surface area contributed by atoms with Crippen molar-refractivity contribution < 1.29 is 9.53 Å². The Morgan fingerprint density at radius 3 is 2.52 bits per heavy atom. The summed E-state index contributed by atoms with van der Waals surface area (Å²) in [6.45, 7) is 1.27. The maximum atomic E-state index is 12.4. The summed E-state index contributed by atoms with van der Waals surface area (Å²) in [5, 5.41) is 3.04. The largest absolute Gasteiger partial charge is 0.374 e. The number of anilines is 1. The van der Waals surface area contributed by atoms with Gasteiger partial charge in [-0.05, 0) is 55.8 Å². The van der Waals surface area contributed by atoms with Crippen LogP contribution in [0.1, 0.15) is 50.5 Å². The molecule has 0 unspecified atom stereocenters. The lowest BCUT2D eigenvalue weighted by atomic mass is 9.95. The summed E-state index contributed by atoms with van der Waals surface area (Å²) < 4.78 is 5.92. The van der Waals surface area contributed by atoms with Crippen LogP contribution < -0.4 is 11.1 Å². The van der Waals surface area contributed by atoms with E-state index in [1.165, 1.54) is 25.7 Å². The van der Waals surface area contributed by atoms with Gasteiger partial charge >= 0.3 is 0 Å². The number of benzene rings is 1. The summed E-state index contributed by atoms with van der Waals surface area (Å²) in [6, 6.07) is 8.02. The van der Waals surface area contributed by atoms with Crippen molar-refractivity contribution in [2.45, 2.75) is 57.7 Å². The first-order valence-electron chi connectivity index (χ1n) is 8.97. The molecule has 2 aliphatic rings. The van der Waals surface area contributed by atoms with E-state index < -0.39 is 0 Å². The van der Waals surface area contributed by atoms with Crippen LogP contribution in [0.15, 0.2) is 24.3 Å². The zero-order valence-electron chi connectivity index (χ0n) is 13.8. The minimum atomic E-state index is 0.0744. The summed E-state index contributed by atoms with van der Waals surface area (Å²) in [5.41, 5.74) is 7.79. The molecule has 0 radical (unpaired) electrons. The predicted octanol–water partition coefficient (Wildman–Crippen LogP) is 3.46. The maximum absolute atomic E-state index is 12.4. The highest BCUT2D eigenvalue weighted by Crippen LogP contribution is 2.32. The number of amides is 1. The van der Waals surface area contributed by atoms with Gasteiger partial charge in [0, 0.05) is 11.6 Å². The maximum Gasteiger partial charge on any atom is 0.227 e. The molecule has 126 valence electrons. The number of rotatable bonds is 6. The quantitative estimate of drug-likeness (QED) is 0.845. The first-order chi connectivity index (χ1) is 11.3. The topological polar surface area (TPSA) is 64.4 Å². The van der Waals surface area contributed by atoms with E-state index in [1.807, 2.05) is 24.3 Å². The Morgan fingerprint density at radius 1 is 1.09 bits per heavy atom. The van der Waals surface area contributed by atoms with Gasteiger partial charge in [0.25, 0.3) is 0 Å². The molecule has 0 bridgehead atoms. The van der Waals surface area contributed by atoms with E-state index in [2.05, 4.69) is 5.32 Å². The van der Waals surface area contributed by atoms with Gasteiger partial charge in [0.1, 0.15) is 0 Å². The smallest absolute Gasteiger partial charge is 0.227 e. The Kier molecular flexibility index (Phi) is 5.68. The second-order valence-electron chi connectivity index (χ2n) is 6.94. The molecule has 1 aromatic rings. The third-order valence-electron chi connectivity index (χ3n) is 5.31. The standard InChI is InChI=1S/C19H28N2O2/c20-12-15-4-3-7-18(15)19(22)21-16-10-8-14(9-11-16)13-23-17-5-1-2-6-17/h8-11,15,17-18H,1-7,12-13,20H2,(H,21,22)/t15-,18-/m1/s1. The Labute approximate surface area is 138 Å². The van der Waals surface area contributed by atoms with E-state index in [-0.39, 0.29) is 11.8 Å². The highest BCUT2D eigenvalue weighted by Gasteiger charge is 2.31. The second kappa shape index (κ2) is 7.93. The van der Waals surface area contributed by atoms with Crippen molar-refractivity contribution in [3.63, 3.8) is 0 Å². The van der Waals surface area contributed by atoms with Crippen molar-refractivity contribution in [1.82, 2.24) is 0 Å². The molecule has 0 aliphatic heterocycles. The third kappa shape index (κ3) is 4.33. The van der Waals surface area contributed by atoms with Gasteiger partial charge < -0.3 is 15.8 Å². The van der Waals surface area contributed by atoms with Gasteiger partial charge in [-0.15, -0.1) is 0 Å². The van der Waals surface area contributed by atoms with Crippen LogP contribution >= 0.6 is 0 Å². The van der Waals surface area contributed by atoms with Crippen molar-refractivity contribution in [1.29, 1.82) is 0 Å². The molecule has 0 saturated heterocycles. The van der Waals surface area contributed by atoms with Crippen LogP contribution in [0.5, 0.6) is 0 Å². The van der Waals surface area contributed by atoms with Crippen LogP contribution in [0.25, 0.3) is 0 Å². The average Bonchev–Trinajstić information content (AvgIpc) is 3.25. The van der Waals surface area contributed by atoms with E-state index in [0.717, 1.165) is 30.5 Å². The lowest BCUT2D eigenvalue weighted by Gasteiger charge is -2.17. The second-order valence-corrected chi connectivity index (χ2v) is 6.94. The first-order valence-corrected chi connectivity index (χ1v) is 8.97. The van der Waals surface area contributed by atoms with Crippen LogP contribution in [-0.4, -0.2) is 18.6 Å². The molecular weight excluding hydrogens is 288 g/mol. The van der Waals surface area contributed by atoms with Crippen LogP contribution in [0.4, 0.5) is 5.69 Å². The third-order valence-corrected chi connectivity index (χ3v) is 5.31. The normalized spacial score (nSPS) is 24.9. The molecule has 3 rings (SSSR count). The average molecular weight is 316 g/mol. The molecule has 4 heteroatoms. The van der Waals surface area contributed by atoms with E-state index in [9.17, 15) is 4.79 Å². The number of carbonyl (C=O) groups is 1. The van der Waals surface area contributed by atoms with Gasteiger partial charge in [-0.25, -0.2) is 0 Å². The molecule has 2 atom stereocenters. The summed E-state index contributed by atoms with van der Waals surface area (Å²) in [5.74, 6) is 0.535. The molecule has 0 heterocycles. The summed E-state index contributed by atoms with van der Waals surface area (Å²) >= 11 is 0. The van der Waals surface area contributed by atoms with Crippen LogP contribution in [0.2, 0.25) is 0 Å². The van der Waals surface area contributed by atoms with Crippen molar-refractivity contribution in [2.24, 2.45) is 17.6 Å². The SMILES string of the molecule is NC[C@H]1CCC[C@H]1C(=O)Nc1ccc(COC2CCCC2)cc1. The van der Waals surface area contributed by atoms with E-state index in [4.69, 9.17) is 10.5 Å². The Hall–Kier alpha value is -1.39. The summed E-state index contributed by atoms with van der Waals surface area (Å²) in [6.07, 6.45) is 8.55. The molecule has 23 heavy (non-hydrogen) atoms. The molecule has 1 amide bonds. The molecular formula is C19H28N2O2. The Balaban J connectivity index is 1.49. The molecule has 2 aliphatic carbocycles. The zero-order chi connectivity index (χ0) is 16.1. The molecule has 4 nitrogen and oxygen atoms in total. The number of carbonyl (C=O) groups excluding carboxylic acids is 1. The van der Waals surface area contributed by atoms with E-state index >= 15 is 0 Å². The molecule has 3 N–H and O–H groups in total. The van der Waals surface area contributed by atoms with Crippen molar-refractivity contribution >= 4 is 11.6 Å². The minimum absolute atomic E-state index is 0.0744. The number of nitrogens with two attached hydrogens (primary N) is 1. The number of nitrogens with one attached hydrogen (secondary N) is 1. The summed E-state index contributed by atoms with van der Waals surface area (Å²) in [4.78, 5) is 12.4. The zero-order valence-corrected chi connectivity index (χ0v) is 13.8. The van der Waals surface area contributed by atoms with Crippen molar-refractivity contribution in [3.05, 3.63) is 29.8 Å². The van der Waals surface area contributed by atoms with Gasteiger partial charge in [-0.3, -0.25) is 4.79 Å². The van der Waals surface area contributed by atoms with Crippen LogP contribution in [0, 0.1) is 11.8 Å². The number of hydrogen-bond acceptors (Lipinski definition) is 3. The van der Waals surface area contributed by atoms with Gasteiger partial charge in [-0.1, -0.05) is 31.4 Å². The highest BCUT2D eigenvalue weighted by atomic mass is 16.5. The van der Waals surface area contributed by atoms with Gasteiger partial charge in [0.2, 0.25) is 5.91 Å². The predicted molar refractivity (Wildman–Crippen MR) is 92.0 cm³/mol. The van der Waals surface area contributed by atoms with Crippen LogP contribution in [0.3, 0.4) is 0 Å². The molecule has 0 spiro atoms. The van der Waals surface area contributed by atoms with Crippen LogP contribution in [-0.2, 0) is 16.1 Å². The van der Waals surface area contributed by atoms with E-state index in [1.54, 1.807) is 0 Å². The fourth-order valence-electron chi connectivity index (χ4n) is 3.85. The summed E-state index contributed by atoms with van der Waals surface area (Å²) in [7, 11) is 0. The molecule has 2 saturated carbocycles. The van der Waals surface area contributed by atoms with Gasteiger partial charge in [0.05, 0.1) is 12.7 Å². The highest BCUT2D eigenvalue weighted by molar-refractivity contribution is 5.92. The van der Waals surface area contributed by atoms with Gasteiger partial charge in [-0.2, -0.15) is 0 Å². The molecule has 1 aromatic carbocycles. The monoisotopic (exact) mass is 316 g/mol. The first kappa shape index (κ1) is 16.5. The van der Waals surface area contributed by atoms with Gasteiger partial charge in [0.15, 0.2) is 0 Å². The lowest BCUT2D eigenvalue weighted by Crippen LogP contribution is -2.29. The van der Waals surface area contributed by atoms with Crippen molar-refractivity contribution in [2.75, 3.05) is 11.9 Å². The lowest BCUT2D eigenvalue weighted by molar-refractivity contribution is -0.120. The fourth-order valence-corrected chi connectivity index (χ4v) is 3.85. The Bertz CT molecular complexity index is 509. The fraction of sp³-hybridized carbons (Fsp3) is 0.632.